The lowest BCUT2D eigenvalue weighted by atomic mass is 10.0. The molecule has 0 saturated carbocycles. The molecule has 0 bridgehead atoms. The van der Waals surface area contributed by atoms with Gasteiger partial charge < -0.3 is 5.73 Å². The average molecular weight is 272 g/mol. The van der Waals surface area contributed by atoms with Crippen LogP contribution in [-0.2, 0) is 0 Å². The van der Waals surface area contributed by atoms with E-state index >= 15 is 0 Å². The molecule has 2 N–H and O–H groups in total. The van der Waals surface area contributed by atoms with Crippen molar-refractivity contribution in [1.29, 1.82) is 0 Å². The third-order valence-corrected chi connectivity index (χ3v) is 2.95. The summed E-state index contributed by atoms with van der Waals surface area (Å²) in [5.74, 6) is -1.93. The lowest BCUT2D eigenvalue weighted by Gasteiger charge is -2.10. The first-order valence-corrected chi connectivity index (χ1v) is 5.48. The SMILES string of the molecule is Cc1cc(F)c(-c2cc(F)cc(Cl)c2N)cc1F. The number of aryl methyl sites for hydroxylation is 1. The molecule has 2 aromatic carbocycles. The van der Waals surface area contributed by atoms with Gasteiger partial charge in [-0.05, 0) is 36.8 Å². The maximum absolute atomic E-state index is 13.8. The van der Waals surface area contributed by atoms with E-state index in [4.69, 9.17) is 17.3 Å². The van der Waals surface area contributed by atoms with Gasteiger partial charge in [-0.1, -0.05) is 11.6 Å². The second-order valence-electron chi connectivity index (χ2n) is 3.93. The predicted molar refractivity (Wildman–Crippen MR) is 65.9 cm³/mol. The van der Waals surface area contributed by atoms with Gasteiger partial charge in [0.1, 0.15) is 17.5 Å². The molecule has 94 valence electrons. The van der Waals surface area contributed by atoms with Crippen LogP contribution >= 0.6 is 11.6 Å². The molecule has 2 aromatic rings. The largest absolute Gasteiger partial charge is 0.397 e. The minimum absolute atomic E-state index is 0.0141. The van der Waals surface area contributed by atoms with E-state index in [1.165, 1.54) is 6.92 Å². The molecule has 0 amide bonds. The van der Waals surface area contributed by atoms with Crippen LogP contribution in [0.5, 0.6) is 0 Å². The van der Waals surface area contributed by atoms with E-state index in [1.54, 1.807) is 0 Å². The fourth-order valence-corrected chi connectivity index (χ4v) is 1.87. The quantitative estimate of drug-likeness (QED) is 0.768. The number of anilines is 1. The lowest BCUT2D eigenvalue weighted by Crippen LogP contribution is -1.97. The predicted octanol–water partition coefficient (Wildman–Crippen LogP) is 4.31. The number of benzene rings is 2. The maximum atomic E-state index is 13.8. The van der Waals surface area contributed by atoms with Crippen LogP contribution in [0.2, 0.25) is 5.02 Å². The smallest absolute Gasteiger partial charge is 0.131 e. The summed E-state index contributed by atoms with van der Waals surface area (Å²) in [5, 5.41) is -0.0367. The van der Waals surface area contributed by atoms with E-state index < -0.39 is 17.5 Å². The van der Waals surface area contributed by atoms with Crippen LogP contribution in [0.1, 0.15) is 5.56 Å². The van der Waals surface area contributed by atoms with Crippen molar-refractivity contribution in [2.45, 2.75) is 6.92 Å². The third-order valence-electron chi connectivity index (χ3n) is 2.63. The van der Waals surface area contributed by atoms with E-state index in [1.807, 2.05) is 0 Å². The summed E-state index contributed by atoms with van der Waals surface area (Å²) in [6.45, 7) is 1.43. The van der Waals surface area contributed by atoms with Gasteiger partial charge >= 0.3 is 0 Å². The summed E-state index contributed by atoms with van der Waals surface area (Å²) in [6.07, 6.45) is 0. The summed E-state index contributed by atoms with van der Waals surface area (Å²) in [6, 6.07) is 4.05. The van der Waals surface area contributed by atoms with Crippen LogP contribution in [-0.4, -0.2) is 0 Å². The number of nitrogen functional groups attached to an aromatic ring is 1. The molecule has 0 spiro atoms. The van der Waals surface area contributed by atoms with Crippen molar-refractivity contribution in [3.8, 4) is 11.1 Å². The summed E-state index contributed by atoms with van der Waals surface area (Å²) in [5.41, 5.74) is 5.76. The first kappa shape index (κ1) is 12.8. The van der Waals surface area contributed by atoms with Gasteiger partial charge in [0, 0.05) is 11.1 Å². The van der Waals surface area contributed by atoms with Gasteiger partial charge in [0.2, 0.25) is 0 Å². The van der Waals surface area contributed by atoms with Gasteiger partial charge in [-0.3, -0.25) is 0 Å². The van der Waals surface area contributed by atoms with Crippen molar-refractivity contribution in [3.05, 3.63) is 52.3 Å². The number of rotatable bonds is 1. The van der Waals surface area contributed by atoms with Crippen molar-refractivity contribution in [2.75, 3.05) is 5.73 Å². The Morgan fingerprint density at radius 1 is 0.944 bits per heavy atom. The minimum Gasteiger partial charge on any atom is -0.397 e. The molecule has 0 aromatic heterocycles. The summed E-state index contributed by atoms with van der Waals surface area (Å²) in [4.78, 5) is 0. The van der Waals surface area contributed by atoms with Crippen molar-refractivity contribution < 1.29 is 13.2 Å². The molecule has 0 aliphatic carbocycles. The van der Waals surface area contributed by atoms with Gasteiger partial charge in [0.25, 0.3) is 0 Å². The highest BCUT2D eigenvalue weighted by atomic mass is 35.5. The molecular formula is C13H9ClF3N. The van der Waals surface area contributed by atoms with E-state index in [9.17, 15) is 13.2 Å². The highest BCUT2D eigenvalue weighted by Gasteiger charge is 2.15. The van der Waals surface area contributed by atoms with E-state index in [0.717, 1.165) is 24.3 Å². The number of hydrogen-bond acceptors (Lipinski definition) is 1. The molecule has 0 aliphatic heterocycles. The molecule has 0 heterocycles. The second-order valence-corrected chi connectivity index (χ2v) is 4.34. The van der Waals surface area contributed by atoms with Crippen LogP contribution in [0, 0.1) is 24.4 Å². The number of nitrogens with two attached hydrogens (primary N) is 1. The molecule has 0 atom stereocenters. The van der Waals surface area contributed by atoms with E-state index in [2.05, 4.69) is 0 Å². The Morgan fingerprint density at radius 3 is 2.28 bits per heavy atom. The normalized spacial score (nSPS) is 10.7. The Kier molecular flexibility index (Phi) is 3.22. The molecule has 0 aliphatic rings. The number of halogens is 4. The van der Waals surface area contributed by atoms with Crippen molar-refractivity contribution in [3.63, 3.8) is 0 Å². The molecule has 5 heteroatoms. The molecule has 0 fully saturated rings. The molecular weight excluding hydrogens is 263 g/mol. The maximum Gasteiger partial charge on any atom is 0.131 e. The van der Waals surface area contributed by atoms with Gasteiger partial charge in [0.05, 0.1) is 10.7 Å². The van der Waals surface area contributed by atoms with Crippen LogP contribution in [0.15, 0.2) is 24.3 Å². The first-order valence-electron chi connectivity index (χ1n) is 5.10. The monoisotopic (exact) mass is 271 g/mol. The van der Waals surface area contributed by atoms with Crippen molar-refractivity contribution >= 4 is 17.3 Å². The fraction of sp³-hybridized carbons (Fsp3) is 0.0769. The Bertz CT molecular complexity index is 626. The standard InChI is InChI=1S/C13H9ClF3N/c1-6-2-12(17)8(5-11(6)16)9-3-7(15)4-10(14)13(9)18/h2-5H,18H2,1H3. The average Bonchev–Trinajstić information content (AvgIpc) is 2.29. The molecule has 0 unspecified atom stereocenters. The highest BCUT2D eigenvalue weighted by molar-refractivity contribution is 6.33. The lowest BCUT2D eigenvalue weighted by molar-refractivity contribution is 0.594. The van der Waals surface area contributed by atoms with Crippen LogP contribution in [0.25, 0.3) is 11.1 Å². The van der Waals surface area contributed by atoms with Crippen LogP contribution in [0.4, 0.5) is 18.9 Å². The van der Waals surface area contributed by atoms with Crippen LogP contribution in [0.3, 0.4) is 0 Å². The fourth-order valence-electron chi connectivity index (χ4n) is 1.66. The van der Waals surface area contributed by atoms with Gasteiger partial charge in [0.15, 0.2) is 0 Å². The van der Waals surface area contributed by atoms with Gasteiger partial charge in [-0.25, -0.2) is 13.2 Å². The van der Waals surface area contributed by atoms with Gasteiger partial charge in [-0.15, -0.1) is 0 Å². The minimum atomic E-state index is -0.678. The van der Waals surface area contributed by atoms with Crippen molar-refractivity contribution in [2.24, 2.45) is 0 Å². The Balaban J connectivity index is 2.73. The molecule has 2 rings (SSSR count). The summed E-state index contributed by atoms with van der Waals surface area (Å²) >= 11 is 5.71. The van der Waals surface area contributed by atoms with E-state index in [0.29, 0.717) is 0 Å². The van der Waals surface area contributed by atoms with Crippen molar-refractivity contribution in [1.82, 2.24) is 0 Å². The zero-order valence-corrected chi connectivity index (χ0v) is 10.2. The van der Waals surface area contributed by atoms with E-state index in [-0.39, 0.29) is 27.4 Å². The zero-order valence-electron chi connectivity index (χ0n) is 9.40. The zero-order chi connectivity index (χ0) is 13.4. The molecule has 1 nitrogen and oxygen atoms in total. The second kappa shape index (κ2) is 4.53. The number of hydrogen-bond donors (Lipinski definition) is 1. The highest BCUT2D eigenvalue weighted by Crippen LogP contribution is 2.35. The topological polar surface area (TPSA) is 26.0 Å². The first-order chi connectivity index (χ1) is 8.40. The molecule has 0 radical (unpaired) electrons. The Labute approximate surface area is 107 Å². The Morgan fingerprint density at radius 2 is 1.61 bits per heavy atom. The van der Waals surface area contributed by atoms with Gasteiger partial charge in [-0.2, -0.15) is 0 Å². The summed E-state index contributed by atoms with van der Waals surface area (Å²) in [7, 11) is 0. The third kappa shape index (κ3) is 2.16. The molecule has 18 heavy (non-hydrogen) atoms. The Hall–Kier alpha value is -1.68. The van der Waals surface area contributed by atoms with Crippen LogP contribution < -0.4 is 5.73 Å². The molecule has 0 saturated heterocycles. The summed E-state index contributed by atoms with van der Waals surface area (Å²) < 4.78 is 40.5.